The van der Waals surface area contributed by atoms with Gasteiger partial charge in [0.1, 0.15) is 6.42 Å². The van der Waals surface area contributed by atoms with Gasteiger partial charge in [-0.15, -0.1) is 0 Å². The van der Waals surface area contributed by atoms with Crippen LogP contribution in [0.4, 0.5) is 0 Å². The molecular formula is C17H25ClN2O2. The highest BCUT2D eigenvalue weighted by Gasteiger charge is 2.15. The molecule has 1 aromatic carbocycles. The SMILES string of the molecule is CCCN(CCC)C(=O)CC(=O)NCCc1cccc(Cl)c1. The van der Waals surface area contributed by atoms with Crippen LogP contribution in [-0.2, 0) is 16.0 Å². The first-order chi connectivity index (χ1) is 10.6. The average Bonchev–Trinajstić information content (AvgIpc) is 2.47. The van der Waals surface area contributed by atoms with Crippen LogP contribution in [0.3, 0.4) is 0 Å². The molecule has 4 nitrogen and oxygen atoms in total. The Morgan fingerprint density at radius 1 is 1.18 bits per heavy atom. The number of hydrogen-bond donors (Lipinski definition) is 1. The standard InChI is InChI=1S/C17H25ClN2O2/c1-3-10-20(11-4-2)17(22)13-16(21)19-9-8-14-6-5-7-15(18)12-14/h5-7,12H,3-4,8-11,13H2,1-2H3,(H,19,21). The molecule has 0 saturated carbocycles. The van der Waals surface area contributed by atoms with Crippen LogP contribution in [0.1, 0.15) is 38.7 Å². The summed E-state index contributed by atoms with van der Waals surface area (Å²) in [5.41, 5.74) is 1.07. The maximum absolute atomic E-state index is 12.1. The molecule has 1 aromatic rings. The van der Waals surface area contributed by atoms with Crippen molar-refractivity contribution < 1.29 is 9.59 Å². The quantitative estimate of drug-likeness (QED) is 0.710. The van der Waals surface area contributed by atoms with Crippen LogP contribution in [0, 0.1) is 0 Å². The van der Waals surface area contributed by atoms with Crippen LogP contribution >= 0.6 is 11.6 Å². The molecule has 122 valence electrons. The summed E-state index contributed by atoms with van der Waals surface area (Å²) >= 11 is 5.91. The fourth-order valence-corrected chi connectivity index (χ4v) is 2.46. The Labute approximate surface area is 137 Å². The van der Waals surface area contributed by atoms with E-state index >= 15 is 0 Å². The lowest BCUT2D eigenvalue weighted by Crippen LogP contribution is -2.37. The van der Waals surface area contributed by atoms with Crippen molar-refractivity contribution in [1.82, 2.24) is 10.2 Å². The zero-order chi connectivity index (χ0) is 16.4. The molecule has 0 aromatic heterocycles. The number of halogens is 1. The van der Waals surface area contributed by atoms with Gasteiger partial charge in [-0.1, -0.05) is 37.6 Å². The van der Waals surface area contributed by atoms with Crippen molar-refractivity contribution in [3.63, 3.8) is 0 Å². The molecule has 0 bridgehead atoms. The van der Waals surface area contributed by atoms with Gasteiger partial charge in [-0.2, -0.15) is 0 Å². The van der Waals surface area contributed by atoms with Crippen molar-refractivity contribution in [1.29, 1.82) is 0 Å². The lowest BCUT2D eigenvalue weighted by atomic mass is 10.1. The number of nitrogens with one attached hydrogen (secondary N) is 1. The van der Waals surface area contributed by atoms with E-state index in [1.807, 2.05) is 38.1 Å². The first-order valence-corrected chi connectivity index (χ1v) is 8.23. The molecule has 0 radical (unpaired) electrons. The molecule has 0 aliphatic carbocycles. The number of hydrogen-bond acceptors (Lipinski definition) is 2. The predicted octanol–water partition coefficient (Wildman–Crippen LogP) is 3.04. The van der Waals surface area contributed by atoms with Gasteiger partial charge in [-0.25, -0.2) is 0 Å². The molecule has 0 aliphatic rings. The first kappa shape index (κ1) is 18.5. The first-order valence-electron chi connectivity index (χ1n) is 7.85. The lowest BCUT2D eigenvalue weighted by Gasteiger charge is -2.21. The molecule has 1 rings (SSSR count). The van der Waals surface area contributed by atoms with Gasteiger partial charge in [0.15, 0.2) is 0 Å². The Morgan fingerprint density at radius 2 is 1.86 bits per heavy atom. The van der Waals surface area contributed by atoms with Crippen molar-refractivity contribution in [2.45, 2.75) is 39.5 Å². The third kappa shape index (κ3) is 6.94. The Hall–Kier alpha value is -1.55. The van der Waals surface area contributed by atoms with Gasteiger partial charge in [-0.3, -0.25) is 9.59 Å². The number of nitrogens with zero attached hydrogens (tertiary/aromatic N) is 1. The molecule has 0 saturated heterocycles. The highest BCUT2D eigenvalue weighted by molar-refractivity contribution is 6.30. The van der Waals surface area contributed by atoms with Gasteiger partial charge in [0.25, 0.3) is 0 Å². The fraction of sp³-hybridized carbons (Fsp3) is 0.529. The average molecular weight is 325 g/mol. The van der Waals surface area contributed by atoms with Crippen molar-refractivity contribution in [3.05, 3.63) is 34.9 Å². The van der Waals surface area contributed by atoms with Crippen molar-refractivity contribution in [2.75, 3.05) is 19.6 Å². The van der Waals surface area contributed by atoms with Gasteiger partial charge in [0.05, 0.1) is 0 Å². The minimum atomic E-state index is -0.218. The van der Waals surface area contributed by atoms with E-state index in [9.17, 15) is 9.59 Å². The summed E-state index contributed by atoms with van der Waals surface area (Å²) in [6.45, 7) is 5.99. The third-order valence-electron chi connectivity index (χ3n) is 3.28. The maximum atomic E-state index is 12.1. The summed E-state index contributed by atoms with van der Waals surface area (Å²) < 4.78 is 0. The van der Waals surface area contributed by atoms with Gasteiger partial charge >= 0.3 is 0 Å². The molecule has 0 spiro atoms. The maximum Gasteiger partial charge on any atom is 0.232 e. The third-order valence-corrected chi connectivity index (χ3v) is 3.51. The van der Waals surface area contributed by atoms with Crippen LogP contribution in [0.5, 0.6) is 0 Å². The van der Waals surface area contributed by atoms with Gasteiger partial charge < -0.3 is 10.2 Å². The van der Waals surface area contributed by atoms with E-state index in [0.29, 0.717) is 31.1 Å². The fourth-order valence-electron chi connectivity index (χ4n) is 2.25. The topological polar surface area (TPSA) is 49.4 Å². The second kappa shape index (κ2) is 10.2. The highest BCUT2D eigenvalue weighted by atomic mass is 35.5. The second-order valence-electron chi connectivity index (χ2n) is 5.29. The molecule has 0 aliphatic heterocycles. The van der Waals surface area contributed by atoms with Crippen LogP contribution in [0.25, 0.3) is 0 Å². The molecule has 0 heterocycles. The molecule has 0 atom stereocenters. The van der Waals surface area contributed by atoms with Crippen LogP contribution in [0.15, 0.2) is 24.3 Å². The van der Waals surface area contributed by atoms with Gasteiger partial charge in [0.2, 0.25) is 11.8 Å². The highest BCUT2D eigenvalue weighted by Crippen LogP contribution is 2.10. The van der Waals surface area contributed by atoms with E-state index in [2.05, 4.69) is 5.32 Å². The second-order valence-corrected chi connectivity index (χ2v) is 5.72. The van der Waals surface area contributed by atoms with E-state index in [1.165, 1.54) is 0 Å². The molecule has 0 unspecified atom stereocenters. The van der Waals surface area contributed by atoms with Gasteiger partial charge in [-0.05, 0) is 37.0 Å². The van der Waals surface area contributed by atoms with Crippen molar-refractivity contribution in [2.24, 2.45) is 0 Å². The predicted molar refractivity (Wildman–Crippen MR) is 89.9 cm³/mol. The largest absolute Gasteiger partial charge is 0.355 e. The normalized spacial score (nSPS) is 10.3. The molecule has 0 fully saturated rings. The Balaban J connectivity index is 2.34. The number of carbonyl (C=O) groups excluding carboxylic acids is 2. The Morgan fingerprint density at radius 3 is 2.45 bits per heavy atom. The summed E-state index contributed by atoms with van der Waals surface area (Å²) in [6.07, 6.45) is 2.44. The van der Waals surface area contributed by atoms with E-state index in [0.717, 1.165) is 18.4 Å². The summed E-state index contributed by atoms with van der Waals surface area (Å²) in [7, 11) is 0. The molecule has 5 heteroatoms. The minimum Gasteiger partial charge on any atom is -0.355 e. The Kier molecular flexibility index (Phi) is 8.60. The molecule has 1 N–H and O–H groups in total. The van der Waals surface area contributed by atoms with Crippen LogP contribution < -0.4 is 5.32 Å². The number of amides is 2. The minimum absolute atomic E-state index is 0.0739. The zero-order valence-corrected chi connectivity index (χ0v) is 14.2. The Bertz CT molecular complexity index is 485. The molecule has 22 heavy (non-hydrogen) atoms. The van der Waals surface area contributed by atoms with Crippen LogP contribution in [0.2, 0.25) is 5.02 Å². The smallest absolute Gasteiger partial charge is 0.232 e. The zero-order valence-electron chi connectivity index (χ0n) is 13.4. The summed E-state index contributed by atoms with van der Waals surface area (Å²) in [5.74, 6) is -0.312. The van der Waals surface area contributed by atoms with Crippen LogP contribution in [-0.4, -0.2) is 36.3 Å². The van der Waals surface area contributed by atoms with Crippen molar-refractivity contribution >= 4 is 23.4 Å². The summed E-state index contributed by atoms with van der Waals surface area (Å²) in [6, 6.07) is 7.55. The van der Waals surface area contributed by atoms with Crippen molar-refractivity contribution in [3.8, 4) is 0 Å². The summed E-state index contributed by atoms with van der Waals surface area (Å²) in [5, 5.41) is 3.48. The number of carbonyl (C=O) groups is 2. The van der Waals surface area contributed by atoms with E-state index in [4.69, 9.17) is 11.6 Å². The monoisotopic (exact) mass is 324 g/mol. The lowest BCUT2D eigenvalue weighted by molar-refractivity contribution is -0.136. The molecular weight excluding hydrogens is 300 g/mol. The van der Waals surface area contributed by atoms with E-state index in [1.54, 1.807) is 4.90 Å². The van der Waals surface area contributed by atoms with E-state index < -0.39 is 0 Å². The molecule has 2 amide bonds. The van der Waals surface area contributed by atoms with E-state index in [-0.39, 0.29) is 18.2 Å². The summed E-state index contributed by atoms with van der Waals surface area (Å²) in [4.78, 5) is 25.7. The number of rotatable bonds is 9. The number of benzene rings is 1. The van der Waals surface area contributed by atoms with Gasteiger partial charge in [0, 0.05) is 24.7 Å².